The summed E-state index contributed by atoms with van der Waals surface area (Å²) in [7, 11) is 0. The van der Waals surface area contributed by atoms with Crippen LogP contribution in [0.2, 0.25) is 0 Å². The van der Waals surface area contributed by atoms with Crippen LogP contribution in [0.4, 0.5) is 0 Å². The zero-order chi connectivity index (χ0) is 22.3. The first-order valence-corrected chi connectivity index (χ1v) is 11.8. The van der Waals surface area contributed by atoms with Crippen LogP contribution in [0.1, 0.15) is 73.1 Å². The lowest BCUT2D eigenvalue weighted by molar-refractivity contribution is 0.560. The Balaban J connectivity index is 1.87. The molecule has 0 nitrogen and oxygen atoms in total. The van der Waals surface area contributed by atoms with Gasteiger partial charge in [-0.25, -0.2) is 0 Å². The van der Waals surface area contributed by atoms with Gasteiger partial charge >= 0.3 is 0 Å². The summed E-state index contributed by atoms with van der Waals surface area (Å²) in [5.74, 6) is 0.489. The molecule has 0 saturated carbocycles. The van der Waals surface area contributed by atoms with E-state index in [9.17, 15) is 0 Å². The summed E-state index contributed by atoms with van der Waals surface area (Å²) >= 11 is 0. The Hall–Kier alpha value is -3.12. The lowest BCUT2D eigenvalue weighted by Crippen LogP contribution is -2.41. The highest BCUT2D eigenvalue weighted by Gasteiger charge is 2.54. The molecule has 1 spiro atoms. The standard InChI is InChI=1S/C32H30/c1-20(2)22-13-11-19-28-30(22)29-21(3)12-10-18-27(29)32(28)25-16-8-6-14-23(25)31(4,5)24-15-7-9-17-26(24)32/h6-11,13-19,21H,1,12H2,2-5H3. The van der Waals surface area contributed by atoms with Gasteiger partial charge in [-0.1, -0.05) is 112 Å². The van der Waals surface area contributed by atoms with Gasteiger partial charge in [0.05, 0.1) is 5.41 Å². The topological polar surface area (TPSA) is 0 Å². The first-order chi connectivity index (χ1) is 15.4. The SMILES string of the molecule is C=C(C)c1cccc2c1C1=C(C=CCC1C)C21c2ccccc2C(C)(C)c2ccccc21. The van der Waals surface area contributed by atoms with Gasteiger partial charge in [0, 0.05) is 5.41 Å². The van der Waals surface area contributed by atoms with Crippen molar-refractivity contribution in [2.24, 2.45) is 5.92 Å². The maximum atomic E-state index is 4.37. The summed E-state index contributed by atoms with van der Waals surface area (Å²) in [4.78, 5) is 0. The average molecular weight is 415 g/mol. The summed E-state index contributed by atoms with van der Waals surface area (Å²) in [5, 5.41) is 0. The Labute approximate surface area is 192 Å². The van der Waals surface area contributed by atoms with Crippen LogP contribution in [-0.4, -0.2) is 0 Å². The predicted molar refractivity (Wildman–Crippen MR) is 136 cm³/mol. The minimum absolute atomic E-state index is 0.0438. The number of hydrogen-bond acceptors (Lipinski definition) is 0. The molecule has 0 saturated heterocycles. The van der Waals surface area contributed by atoms with E-state index in [1.807, 2.05) is 0 Å². The highest BCUT2D eigenvalue weighted by molar-refractivity contribution is 5.94. The van der Waals surface area contributed by atoms with E-state index in [1.165, 1.54) is 50.1 Å². The molecule has 6 rings (SSSR count). The second-order valence-electron chi connectivity index (χ2n) is 10.3. The smallest absolute Gasteiger partial charge is 0.0716 e. The molecule has 158 valence electrons. The van der Waals surface area contributed by atoms with Gasteiger partial charge in [-0.3, -0.25) is 0 Å². The fourth-order valence-corrected chi connectivity index (χ4v) is 6.81. The van der Waals surface area contributed by atoms with Crippen LogP contribution in [0.3, 0.4) is 0 Å². The van der Waals surface area contributed by atoms with E-state index in [0.717, 1.165) is 12.0 Å². The van der Waals surface area contributed by atoms with E-state index in [0.29, 0.717) is 5.92 Å². The molecule has 0 fully saturated rings. The molecule has 0 aliphatic heterocycles. The van der Waals surface area contributed by atoms with Crippen LogP contribution in [0, 0.1) is 5.92 Å². The van der Waals surface area contributed by atoms with Crippen LogP contribution < -0.4 is 0 Å². The third-order valence-corrected chi connectivity index (χ3v) is 8.17. The number of allylic oxidation sites excluding steroid dienone is 5. The monoisotopic (exact) mass is 414 g/mol. The van der Waals surface area contributed by atoms with E-state index in [1.54, 1.807) is 0 Å². The van der Waals surface area contributed by atoms with E-state index >= 15 is 0 Å². The van der Waals surface area contributed by atoms with Crippen molar-refractivity contribution in [1.29, 1.82) is 0 Å². The number of benzene rings is 3. The zero-order valence-electron chi connectivity index (χ0n) is 19.5. The van der Waals surface area contributed by atoms with Crippen molar-refractivity contribution in [2.45, 2.75) is 44.9 Å². The second-order valence-corrected chi connectivity index (χ2v) is 10.3. The van der Waals surface area contributed by atoms with Gasteiger partial charge in [-0.05, 0) is 69.4 Å². The van der Waals surface area contributed by atoms with Gasteiger partial charge in [-0.2, -0.15) is 0 Å². The molecular weight excluding hydrogens is 384 g/mol. The number of rotatable bonds is 1. The average Bonchev–Trinajstić information content (AvgIpc) is 3.10. The number of hydrogen-bond donors (Lipinski definition) is 0. The largest absolute Gasteiger partial charge is 0.0955 e. The highest BCUT2D eigenvalue weighted by Crippen LogP contribution is 2.63. The first kappa shape index (κ1) is 19.6. The van der Waals surface area contributed by atoms with Crippen LogP contribution in [0.25, 0.3) is 11.1 Å². The van der Waals surface area contributed by atoms with Gasteiger partial charge in [0.25, 0.3) is 0 Å². The molecule has 3 aromatic carbocycles. The number of fused-ring (bicyclic) bond motifs is 8. The third-order valence-electron chi connectivity index (χ3n) is 8.17. The zero-order valence-corrected chi connectivity index (χ0v) is 19.5. The maximum absolute atomic E-state index is 4.37. The molecule has 0 amide bonds. The van der Waals surface area contributed by atoms with E-state index in [2.05, 4.69) is 113 Å². The molecule has 0 heteroatoms. The molecule has 0 N–H and O–H groups in total. The molecule has 0 radical (unpaired) electrons. The van der Waals surface area contributed by atoms with E-state index in [-0.39, 0.29) is 10.8 Å². The van der Waals surface area contributed by atoms with Gasteiger partial charge < -0.3 is 0 Å². The Kier molecular flexibility index (Phi) is 3.94. The third kappa shape index (κ3) is 2.18. The molecule has 32 heavy (non-hydrogen) atoms. The fraction of sp³-hybridized carbons (Fsp3) is 0.250. The van der Waals surface area contributed by atoms with Gasteiger partial charge in [-0.15, -0.1) is 0 Å². The van der Waals surface area contributed by atoms with Gasteiger partial charge in [0.2, 0.25) is 0 Å². The maximum Gasteiger partial charge on any atom is 0.0716 e. The molecule has 0 heterocycles. The van der Waals surface area contributed by atoms with Crippen LogP contribution in [0.5, 0.6) is 0 Å². The minimum Gasteiger partial charge on any atom is -0.0955 e. The second kappa shape index (κ2) is 6.45. The van der Waals surface area contributed by atoms with Gasteiger partial charge in [0.1, 0.15) is 0 Å². The summed E-state index contributed by atoms with van der Waals surface area (Å²) < 4.78 is 0. The normalized spacial score (nSPS) is 21.1. The lowest BCUT2D eigenvalue weighted by Gasteiger charge is -2.47. The summed E-state index contributed by atoms with van der Waals surface area (Å²) in [6.45, 7) is 13.7. The van der Waals surface area contributed by atoms with E-state index in [4.69, 9.17) is 0 Å². The van der Waals surface area contributed by atoms with Crippen molar-refractivity contribution in [3.63, 3.8) is 0 Å². The van der Waals surface area contributed by atoms with Crippen LogP contribution >= 0.6 is 0 Å². The molecule has 0 aromatic heterocycles. The van der Waals surface area contributed by atoms with Crippen molar-refractivity contribution < 1.29 is 0 Å². The van der Waals surface area contributed by atoms with Crippen molar-refractivity contribution in [1.82, 2.24) is 0 Å². The molecule has 3 aliphatic rings. The summed E-state index contributed by atoms with van der Waals surface area (Å²) in [6.07, 6.45) is 5.92. The van der Waals surface area contributed by atoms with Crippen molar-refractivity contribution in [2.75, 3.05) is 0 Å². The fourth-order valence-electron chi connectivity index (χ4n) is 6.81. The quantitative estimate of drug-likeness (QED) is 0.378. The molecule has 3 aromatic rings. The van der Waals surface area contributed by atoms with Crippen LogP contribution in [0.15, 0.2) is 91.0 Å². The van der Waals surface area contributed by atoms with E-state index < -0.39 is 0 Å². The van der Waals surface area contributed by atoms with Crippen molar-refractivity contribution >= 4 is 11.1 Å². The lowest BCUT2D eigenvalue weighted by atomic mass is 9.55. The van der Waals surface area contributed by atoms with Crippen LogP contribution in [-0.2, 0) is 10.8 Å². The molecule has 1 unspecified atom stereocenters. The summed E-state index contributed by atoms with van der Waals surface area (Å²) in [5.41, 5.74) is 13.7. The first-order valence-electron chi connectivity index (χ1n) is 11.8. The summed E-state index contributed by atoms with van der Waals surface area (Å²) in [6, 6.07) is 25.2. The predicted octanol–water partition coefficient (Wildman–Crippen LogP) is 8.06. The highest BCUT2D eigenvalue weighted by atomic mass is 14.6. The van der Waals surface area contributed by atoms with Gasteiger partial charge in [0.15, 0.2) is 0 Å². The molecule has 0 bridgehead atoms. The molecular formula is C32H30. The Morgan fingerprint density at radius 3 is 1.97 bits per heavy atom. The molecule has 3 aliphatic carbocycles. The Morgan fingerprint density at radius 2 is 1.38 bits per heavy atom. The Morgan fingerprint density at radius 1 is 0.812 bits per heavy atom. The Bertz CT molecular complexity index is 1310. The minimum atomic E-state index is -0.274. The molecule has 1 atom stereocenters. The van der Waals surface area contributed by atoms with Crippen molar-refractivity contribution in [3.05, 3.63) is 130 Å². The van der Waals surface area contributed by atoms with Crippen molar-refractivity contribution in [3.8, 4) is 0 Å².